The number of nitrogens with zero attached hydrogens (tertiary/aromatic N) is 3. The van der Waals surface area contributed by atoms with Gasteiger partial charge in [-0.3, -0.25) is 14.5 Å². The van der Waals surface area contributed by atoms with Gasteiger partial charge in [-0.25, -0.2) is 0 Å². The monoisotopic (exact) mass is 495 g/mol. The first-order chi connectivity index (χ1) is 16.5. The van der Waals surface area contributed by atoms with E-state index in [1.54, 1.807) is 37.3 Å². The van der Waals surface area contributed by atoms with Crippen LogP contribution in [0.15, 0.2) is 53.4 Å². The number of para-hydroxylation sites is 1. The van der Waals surface area contributed by atoms with Crippen molar-refractivity contribution >= 4 is 51.9 Å². The van der Waals surface area contributed by atoms with Gasteiger partial charge in [-0.15, -0.1) is 0 Å². The van der Waals surface area contributed by atoms with Crippen LogP contribution < -0.4 is 14.4 Å². The Labute approximate surface area is 208 Å². The molecule has 0 saturated carbocycles. The Morgan fingerprint density at radius 2 is 1.91 bits per heavy atom. The minimum Gasteiger partial charge on any atom is -0.493 e. The normalized spacial score (nSPS) is 14.3. The van der Waals surface area contributed by atoms with E-state index in [0.29, 0.717) is 40.2 Å². The summed E-state index contributed by atoms with van der Waals surface area (Å²) in [4.78, 5) is 29.4. The molecule has 1 heterocycles. The Morgan fingerprint density at radius 3 is 2.59 bits per heavy atom. The van der Waals surface area contributed by atoms with Crippen LogP contribution in [0.25, 0.3) is 6.08 Å². The van der Waals surface area contributed by atoms with Gasteiger partial charge < -0.3 is 14.4 Å². The lowest BCUT2D eigenvalue weighted by atomic mass is 10.2. The van der Waals surface area contributed by atoms with Crippen molar-refractivity contribution in [1.29, 1.82) is 5.26 Å². The van der Waals surface area contributed by atoms with E-state index in [-0.39, 0.29) is 24.7 Å². The Bertz CT molecular complexity index is 1130. The molecule has 1 saturated heterocycles. The minimum atomic E-state index is -0.179. The van der Waals surface area contributed by atoms with Crippen LogP contribution in [-0.2, 0) is 9.59 Å². The first kappa shape index (κ1) is 25.3. The van der Waals surface area contributed by atoms with E-state index in [0.717, 1.165) is 11.3 Å². The topological polar surface area (TPSA) is 82.9 Å². The molecule has 0 atom stereocenters. The molecule has 176 valence electrons. The molecule has 2 aromatic carbocycles. The van der Waals surface area contributed by atoms with E-state index < -0.39 is 0 Å². The summed E-state index contributed by atoms with van der Waals surface area (Å²) >= 11 is 6.65. The van der Waals surface area contributed by atoms with Crippen LogP contribution in [0.4, 0.5) is 5.69 Å². The average molecular weight is 496 g/mol. The van der Waals surface area contributed by atoms with Crippen molar-refractivity contribution in [2.45, 2.75) is 19.3 Å². The van der Waals surface area contributed by atoms with Gasteiger partial charge in [0.1, 0.15) is 4.32 Å². The number of nitriles is 1. The molecule has 3 rings (SSSR count). The smallest absolute Gasteiger partial charge is 0.266 e. The summed E-state index contributed by atoms with van der Waals surface area (Å²) < 4.78 is 11.0. The number of carbonyl (C=O) groups excluding carboxylic acids is 2. The second-order valence-corrected chi connectivity index (χ2v) is 9.02. The van der Waals surface area contributed by atoms with Crippen molar-refractivity contribution in [3.05, 3.63) is 59.0 Å². The van der Waals surface area contributed by atoms with Crippen LogP contribution in [0.5, 0.6) is 11.5 Å². The van der Waals surface area contributed by atoms with E-state index >= 15 is 0 Å². The van der Waals surface area contributed by atoms with Crippen molar-refractivity contribution in [3.8, 4) is 17.6 Å². The van der Waals surface area contributed by atoms with Gasteiger partial charge in [-0.1, -0.05) is 48.2 Å². The first-order valence-electron chi connectivity index (χ1n) is 10.7. The molecule has 2 amide bonds. The summed E-state index contributed by atoms with van der Waals surface area (Å²) in [6, 6.07) is 16.8. The summed E-state index contributed by atoms with van der Waals surface area (Å²) in [5.41, 5.74) is 1.55. The number of amides is 2. The molecule has 9 heteroatoms. The van der Waals surface area contributed by atoms with Gasteiger partial charge in [-0.05, 0) is 42.3 Å². The Morgan fingerprint density at radius 1 is 1.18 bits per heavy atom. The van der Waals surface area contributed by atoms with E-state index in [1.165, 1.54) is 16.7 Å². The number of anilines is 1. The molecular formula is C25H25N3O4S2. The van der Waals surface area contributed by atoms with E-state index in [9.17, 15) is 9.59 Å². The molecule has 0 unspecified atom stereocenters. The molecule has 1 fully saturated rings. The number of benzene rings is 2. The third-order valence-corrected chi connectivity index (χ3v) is 6.55. The summed E-state index contributed by atoms with van der Waals surface area (Å²) in [6.07, 6.45) is 2.72. The lowest BCUT2D eigenvalue weighted by Gasteiger charge is -2.22. The molecule has 1 aliphatic rings. The number of hydrogen-bond acceptors (Lipinski definition) is 7. The molecule has 2 aromatic rings. The van der Waals surface area contributed by atoms with Gasteiger partial charge in [-0.2, -0.15) is 5.26 Å². The number of thiocarbonyl (C=S) groups is 1. The number of hydrogen-bond donors (Lipinski definition) is 0. The number of ether oxygens (including phenoxy) is 2. The van der Waals surface area contributed by atoms with E-state index in [4.69, 9.17) is 27.0 Å². The Kier molecular flexibility index (Phi) is 9.08. The zero-order valence-electron chi connectivity index (χ0n) is 19.0. The van der Waals surface area contributed by atoms with Crippen LogP contribution in [0, 0.1) is 11.3 Å². The van der Waals surface area contributed by atoms with Gasteiger partial charge in [0.25, 0.3) is 5.91 Å². The maximum Gasteiger partial charge on any atom is 0.266 e. The van der Waals surface area contributed by atoms with E-state index in [2.05, 4.69) is 6.07 Å². The predicted octanol–water partition coefficient (Wildman–Crippen LogP) is 4.63. The van der Waals surface area contributed by atoms with Crippen molar-refractivity contribution in [2.75, 3.05) is 32.2 Å². The standard InChI is InChI=1S/C25H25N3O4S2/c1-31-20-12-11-18(16-21(20)32-2)17-22-24(30)28(25(33)34-22)14-6-10-23(29)27(15-7-13-26)19-8-4-3-5-9-19/h3-5,8-9,11-12,16-17H,6-7,10,14-15H2,1-2H3/b22-17-. The number of carbonyl (C=O) groups is 2. The van der Waals surface area contributed by atoms with Gasteiger partial charge in [0.15, 0.2) is 11.5 Å². The van der Waals surface area contributed by atoms with Gasteiger partial charge >= 0.3 is 0 Å². The maximum atomic E-state index is 12.9. The fourth-order valence-corrected chi connectivity index (χ4v) is 4.79. The Balaban J connectivity index is 1.62. The highest BCUT2D eigenvalue weighted by Gasteiger charge is 2.32. The van der Waals surface area contributed by atoms with E-state index in [1.807, 2.05) is 36.4 Å². The van der Waals surface area contributed by atoms with Crippen molar-refractivity contribution in [1.82, 2.24) is 4.90 Å². The molecular weight excluding hydrogens is 470 g/mol. The zero-order chi connectivity index (χ0) is 24.5. The van der Waals surface area contributed by atoms with Crippen LogP contribution in [0.2, 0.25) is 0 Å². The second-order valence-electron chi connectivity index (χ2n) is 7.34. The SMILES string of the molecule is COc1ccc(/C=C2\SC(=S)N(CCCC(=O)N(CCC#N)c3ccccc3)C2=O)cc1OC. The summed E-state index contributed by atoms with van der Waals surface area (Å²) in [6.45, 7) is 0.676. The fourth-order valence-electron chi connectivity index (χ4n) is 3.48. The average Bonchev–Trinajstić information content (AvgIpc) is 3.12. The summed E-state index contributed by atoms with van der Waals surface area (Å²) in [5, 5.41) is 8.94. The van der Waals surface area contributed by atoms with Crippen LogP contribution in [0.1, 0.15) is 24.8 Å². The molecule has 0 aromatic heterocycles. The predicted molar refractivity (Wildman–Crippen MR) is 138 cm³/mol. The molecule has 0 bridgehead atoms. The van der Waals surface area contributed by atoms with Gasteiger partial charge in [0.05, 0.1) is 31.6 Å². The molecule has 34 heavy (non-hydrogen) atoms. The maximum absolute atomic E-state index is 12.9. The highest BCUT2D eigenvalue weighted by molar-refractivity contribution is 8.26. The summed E-state index contributed by atoms with van der Waals surface area (Å²) in [5.74, 6) is 0.912. The molecule has 0 radical (unpaired) electrons. The summed E-state index contributed by atoms with van der Waals surface area (Å²) in [7, 11) is 3.12. The quantitative estimate of drug-likeness (QED) is 0.351. The molecule has 0 N–H and O–H groups in total. The van der Waals surface area contributed by atoms with Crippen LogP contribution in [-0.4, -0.2) is 48.3 Å². The molecule has 0 spiro atoms. The largest absolute Gasteiger partial charge is 0.493 e. The zero-order valence-corrected chi connectivity index (χ0v) is 20.7. The fraction of sp³-hybridized carbons (Fsp3) is 0.280. The van der Waals surface area contributed by atoms with Crippen molar-refractivity contribution < 1.29 is 19.1 Å². The van der Waals surface area contributed by atoms with Gasteiger partial charge in [0.2, 0.25) is 5.91 Å². The number of rotatable bonds is 10. The third-order valence-electron chi connectivity index (χ3n) is 5.17. The first-order valence-corrected chi connectivity index (χ1v) is 11.9. The lowest BCUT2D eigenvalue weighted by Crippen LogP contribution is -2.33. The highest BCUT2D eigenvalue weighted by Crippen LogP contribution is 2.34. The van der Waals surface area contributed by atoms with Crippen LogP contribution in [0.3, 0.4) is 0 Å². The number of methoxy groups -OCH3 is 2. The van der Waals surface area contributed by atoms with Crippen LogP contribution >= 0.6 is 24.0 Å². The minimum absolute atomic E-state index is 0.0900. The lowest BCUT2D eigenvalue weighted by molar-refractivity contribution is -0.123. The second kappa shape index (κ2) is 12.2. The highest BCUT2D eigenvalue weighted by atomic mass is 32.2. The molecule has 1 aliphatic heterocycles. The number of thioether (sulfide) groups is 1. The van der Waals surface area contributed by atoms with Crippen molar-refractivity contribution in [3.63, 3.8) is 0 Å². The Hall–Kier alpha value is -3.35. The molecule has 0 aliphatic carbocycles. The van der Waals surface area contributed by atoms with Crippen molar-refractivity contribution in [2.24, 2.45) is 0 Å². The van der Waals surface area contributed by atoms with Gasteiger partial charge in [0, 0.05) is 25.2 Å². The molecule has 7 nitrogen and oxygen atoms in total. The third kappa shape index (κ3) is 6.16.